The van der Waals surface area contributed by atoms with Crippen molar-refractivity contribution in [2.75, 3.05) is 5.32 Å². The summed E-state index contributed by atoms with van der Waals surface area (Å²) in [6.07, 6.45) is 2.53. The van der Waals surface area contributed by atoms with Gasteiger partial charge in [0.2, 0.25) is 0 Å². The molecule has 0 radical (unpaired) electrons. The van der Waals surface area contributed by atoms with Crippen molar-refractivity contribution in [3.05, 3.63) is 33.9 Å². The second kappa shape index (κ2) is 4.12. The van der Waals surface area contributed by atoms with Crippen molar-refractivity contribution in [1.82, 2.24) is 0 Å². The van der Waals surface area contributed by atoms with Crippen LogP contribution in [0.25, 0.3) is 0 Å². The zero-order valence-corrected chi connectivity index (χ0v) is 9.56. The minimum absolute atomic E-state index is 0.149. The third kappa shape index (κ3) is 2.32. The molecule has 0 saturated heterocycles. The van der Waals surface area contributed by atoms with Gasteiger partial charge in [-0.15, -0.1) is 0 Å². The van der Waals surface area contributed by atoms with Crippen LogP contribution in [0, 0.1) is 23.0 Å². The number of aryl methyl sites for hydroxylation is 1. The standard InChI is InChI=1S/C12H16N2O2/c1-8-3-6-11(14(15)16)7-12(8)13-9(2)10-4-5-10/h3,6-7,9-10,13H,4-5H2,1-2H3. The molecule has 0 bridgehead atoms. The van der Waals surface area contributed by atoms with Crippen LogP contribution in [0.1, 0.15) is 25.3 Å². The number of nitrogens with one attached hydrogen (secondary N) is 1. The van der Waals surface area contributed by atoms with E-state index < -0.39 is 0 Å². The molecule has 2 rings (SSSR count). The lowest BCUT2D eigenvalue weighted by molar-refractivity contribution is -0.384. The summed E-state index contributed by atoms with van der Waals surface area (Å²) in [6, 6.07) is 5.36. The normalized spacial score (nSPS) is 16.9. The van der Waals surface area contributed by atoms with Crippen molar-refractivity contribution < 1.29 is 4.92 Å². The Bertz CT molecular complexity index is 413. The third-order valence-corrected chi connectivity index (χ3v) is 3.14. The molecule has 16 heavy (non-hydrogen) atoms. The highest BCUT2D eigenvalue weighted by Crippen LogP contribution is 2.34. The average Bonchev–Trinajstić information content (AvgIpc) is 3.04. The van der Waals surface area contributed by atoms with Gasteiger partial charge in [0.05, 0.1) is 4.92 Å². The zero-order chi connectivity index (χ0) is 11.7. The van der Waals surface area contributed by atoms with E-state index in [1.807, 2.05) is 6.92 Å². The van der Waals surface area contributed by atoms with Crippen molar-refractivity contribution in [2.45, 2.75) is 32.7 Å². The van der Waals surface area contributed by atoms with E-state index in [2.05, 4.69) is 12.2 Å². The van der Waals surface area contributed by atoms with Gasteiger partial charge in [-0.25, -0.2) is 0 Å². The van der Waals surface area contributed by atoms with Gasteiger partial charge < -0.3 is 5.32 Å². The van der Waals surface area contributed by atoms with E-state index in [4.69, 9.17) is 0 Å². The van der Waals surface area contributed by atoms with Crippen molar-refractivity contribution >= 4 is 11.4 Å². The highest BCUT2D eigenvalue weighted by molar-refractivity contribution is 5.57. The summed E-state index contributed by atoms with van der Waals surface area (Å²) in [6.45, 7) is 4.10. The summed E-state index contributed by atoms with van der Waals surface area (Å²) >= 11 is 0. The second-order valence-electron chi connectivity index (χ2n) is 4.53. The smallest absolute Gasteiger partial charge is 0.271 e. The van der Waals surface area contributed by atoms with Gasteiger partial charge in [0, 0.05) is 23.9 Å². The van der Waals surface area contributed by atoms with Crippen molar-refractivity contribution in [2.24, 2.45) is 5.92 Å². The Balaban J connectivity index is 2.17. The first-order chi connectivity index (χ1) is 7.58. The monoisotopic (exact) mass is 220 g/mol. The lowest BCUT2D eigenvalue weighted by Gasteiger charge is -2.16. The van der Waals surface area contributed by atoms with Gasteiger partial charge in [-0.05, 0) is 38.2 Å². The first-order valence-corrected chi connectivity index (χ1v) is 5.59. The molecule has 0 amide bonds. The lowest BCUT2D eigenvalue weighted by Crippen LogP contribution is -2.17. The maximum atomic E-state index is 10.7. The molecule has 1 saturated carbocycles. The van der Waals surface area contributed by atoms with Crippen molar-refractivity contribution in [3.8, 4) is 0 Å². The second-order valence-corrected chi connectivity index (χ2v) is 4.53. The number of non-ortho nitro benzene ring substituents is 1. The maximum Gasteiger partial charge on any atom is 0.271 e. The number of nitro benzene ring substituents is 1. The van der Waals surface area contributed by atoms with Gasteiger partial charge in [-0.2, -0.15) is 0 Å². The Kier molecular flexibility index (Phi) is 2.81. The van der Waals surface area contributed by atoms with E-state index in [1.54, 1.807) is 18.2 Å². The molecule has 0 aliphatic heterocycles. The Labute approximate surface area is 94.8 Å². The fraction of sp³-hybridized carbons (Fsp3) is 0.500. The van der Waals surface area contributed by atoms with Gasteiger partial charge in [-0.3, -0.25) is 10.1 Å². The van der Waals surface area contributed by atoms with Crippen LogP contribution in [0.2, 0.25) is 0 Å². The molecule has 0 spiro atoms. The molecule has 4 nitrogen and oxygen atoms in total. The summed E-state index contributed by atoms with van der Waals surface area (Å²) in [4.78, 5) is 10.3. The number of rotatable bonds is 4. The molecule has 1 aromatic carbocycles. The molecule has 0 heterocycles. The van der Waals surface area contributed by atoms with Gasteiger partial charge in [0.15, 0.2) is 0 Å². The quantitative estimate of drug-likeness (QED) is 0.626. The minimum atomic E-state index is -0.355. The summed E-state index contributed by atoms with van der Waals surface area (Å²) in [5.41, 5.74) is 2.09. The molecule has 0 aromatic heterocycles. The van der Waals surface area contributed by atoms with E-state index in [1.165, 1.54) is 12.8 Å². The van der Waals surface area contributed by atoms with E-state index in [0.29, 0.717) is 6.04 Å². The van der Waals surface area contributed by atoms with Crippen LogP contribution in [0.5, 0.6) is 0 Å². The molecule has 1 aliphatic carbocycles. The van der Waals surface area contributed by atoms with Crippen LogP contribution in [0.15, 0.2) is 18.2 Å². The van der Waals surface area contributed by atoms with Crippen LogP contribution in [-0.4, -0.2) is 11.0 Å². The highest BCUT2D eigenvalue weighted by Gasteiger charge is 2.28. The predicted octanol–water partition coefficient (Wildman–Crippen LogP) is 3.11. The topological polar surface area (TPSA) is 55.2 Å². The Morgan fingerprint density at radius 2 is 2.19 bits per heavy atom. The van der Waals surface area contributed by atoms with Crippen LogP contribution >= 0.6 is 0 Å². The zero-order valence-electron chi connectivity index (χ0n) is 9.56. The van der Waals surface area contributed by atoms with E-state index >= 15 is 0 Å². The fourth-order valence-electron chi connectivity index (χ4n) is 1.84. The summed E-state index contributed by atoms with van der Waals surface area (Å²) in [7, 11) is 0. The molecule has 86 valence electrons. The molecule has 1 fully saturated rings. The maximum absolute atomic E-state index is 10.7. The Morgan fingerprint density at radius 1 is 1.50 bits per heavy atom. The Morgan fingerprint density at radius 3 is 2.75 bits per heavy atom. The average molecular weight is 220 g/mol. The molecule has 1 unspecified atom stereocenters. The number of benzene rings is 1. The first-order valence-electron chi connectivity index (χ1n) is 5.59. The molecule has 1 aliphatic rings. The SMILES string of the molecule is Cc1ccc([N+](=O)[O-])cc1NC(C)C1CC1. The van der Waals surface area contributed by atoms with E-state index in [9.17, 15) is 10.1 Å². The Hall–Kier alpha value is -1.58. The number of hydrogen-bond donors (Lipinski definition) is 1. The predicted molar refractivity (Wildman–Crippen MR) is 63.6 cm³/mol. The van der Waals surface area contributed by atoms with Gasteiger partial charge in [0.1, 0.15) is 0 Å². The fourth-order valence-corrected chi connectivity index (χ4v) is 1.84. The number of nitro groups is 1. The molecular weight excluding hydrogens is 204 g/mol. The first kappa shape index (κ1) is 10.9. The van der Waals surface area contributed by atoms with Crippen LogP contribution in [0.3, 0.4) is 0 Å². The van der Waals surface area contributed by atoms with E-state index in [0.717, 1.165) is 17.2 Å². The van der Waals surface area contributed by atoms with Crippen LogP contribution in [-0.2, 0) is 0 Å². The van der Waals surface area contributed by atoms with Crippen molar-refractivity contribution in [3.63, 3.8) is 0 Å². The number of nitrogens with zero attached hydrogens (tertiary/aromatic N) is 1. The summed E-state index contributed by atoms with van der Waals surface area (Å²) < 4.78 is 0. The number of hydrogen-bond acceptors (Lipinski definition) is 3. The molecule has 1 N–H and O–H groups in total. The number of anilines is 1. The largest absolute Gasteiger partial charge is 0.382 e. The van der Waals surface area contributed by atoms with Crippen molar-refractivity contribution in [1.29, 1.82) is 0 Å². The minimum Gasteiger partial charge on any atom is -0.382 e. The highest BCUT2D eigenvalue weighted by atomic mass is 16.6. The third-order valence-electron chi connectivity index (χ3n) is 3.14. The van der Waals surface area contributed by atoms with Gasteiger partial charge in [-0.1, -0.05) is 6.07 Å². The molecule has 1 aromatic rings. The van der Waals surface area contributed by atoms with Gasteiger partial charge >= 0.3 is 0 Å². The van der Waals surface area contributed by atoms with Crippen LogP contribution in [0.4, 0.5) is 11.4 Å². The molecule has 4 heteroatoms. The van der Waals surface area contributed by atoms with Gasteiger partial charge in [0.25, 0.3) is 5.69 Å². The molecule has 1 atom stereocenters. The summed E-state index contributed by atoms with van der Waals surface area (Å²) in [5, 5.41) is 14.0. The summed E-state index contributed by atoms with van der Waals surface area (Å²) in [5.74, 6) is 0.735. The van der Waals surface area contributed by atoms with Crippen LogP contribution < -0.4 is 5.32 Å². The lowest BCUT2D eigenvalue weighted by atomic mass is 10.1. The van der Waals surface area contributed by atoms with E-state index in [-0.39, 0.29) is 10.6 Å². The molecular formula is C12H16N2O2.